The summed E-state index contributed by atoms with van der Waals surface area (Å²) in [4.78, 5) is 13.3. The third-order valence-electron chi connectivity index (χ3n) is 3.71. The van der Waals surface area contributed by atoms with E-state index in [1.165, 1.54) is 39.2 Å². The number of carbonyl (C=O) groups is 1. The number of esters is 1. The summed E-state index contributed by atoms with van der Waals surface area (Å²) in [5.74, 6) is 0.718. The molecule has 0 unspecified atom stereocenters. The summed E-state index contributed by atoms with van der Waals surface area (Å²) in [7, 11) is 1.45. The van der Waals surface area contributed by atoms with Gasteiger partial charge >= 0.3 is 5.97 Å². The van der Waals surface area contributed by atoms with Crippen molar-refractivity contribution in [3.05, 3.63) is 0 Å². The monoisotopic (exact) mass is 257 g/mol. The number of unbranched alkanes of at least 4 members (excludes halogenated alkanes) is 1. The molecule has 1 rings (SSSR count). The quantitative estimate of drug-likeness (QED) is 0.493. The van der Waals surface area contributed by atoms with Crippen LogP contribution in [0.25, 0.3) is 0 Å². The second-order valence-electron chi connectivity index (χ2n) is 5.00. The zero-order valence-electron chi connectivity index (χ0n) is 11.8. The molecule has 0 saturated carbocycles. The van der Waals surface area contributed by atoms with Gasteiger partial charge in [-0.05, 0) is 38.3 Å². The smallest absolute Gasteiger partial charge is 0.319 e. The molecule has 0 radical (unpaired) electrons. The van der Waals surface area contributed by atoms with Gasteiger partial charge in [-0.1, -0.05) is 19.8 Å². The molecule has 0 N–H and O–H groups in total. The van der Waals surface area contributed by atoms with Crippen molar-refractivity contribution in [1.29, 1.82) is 0 Å². The van der Waals surface area contributed by atoms with Crippen molar-refractivity contribution >= 4 is 5.97 Å². The van der Waals surface area contributed by atoms with Crippen molar-refractivity contribution in [2.24, 2.45) is 5.92 Å². The SMILES string of the molecule is CCN(CCCCC1CCOCC1)CC(=O)OC. The number of hydrogen-bond acceptors (Lipinski definition) is 4. The molecule has 0 amide bonds. The summed E-state index contributed by atoms with van der Waals surface area (Å²) in [6, 6.07) is 0. The fourth-order valence-electron chi connectivity index (χ4n) is 2.40. The molecule has 0 atom stereocenters. The van der Waals surface area contributed by atoms with Crippen molar-refractivity contribution in [3.63, 3.8) is 0 Å². The predicted molar refractivity (Wildman–Crippen MR) is 71.5 cm³/mol. The Hall–Kier alpha value is -0.610. The maximum absolute atomic E-state index is 11.2. The third-order valence-corrected chi connectivity index (χ3v) is 3.71. The topological polar surface area (TPSA) is 38.8 Å². The van der Waals surface area contributed by atoms with Gasteiger partial charge in [-0.2, -0.15) is 0 Å². The molecule has 1 aliphatic rings. The lowest BCUT2D eigenvalue weighted by Gasteiger charge is -2.23. The van der Waals surface area contributed by atoms with Crippen LogP contribution < -0.4 is 0 Å². The first kappa shape index (κ1) is 15.4. The standard InChI is InChI=1S/C14H27NO3/c1-3-15(12-14(16)17-2)9-5-4-6-13-7-10-18-11-8-13/h13H,3-12H2,1-2H3. The highest BCUT2D eigenvalue weighted by Crippen LogP contribution is 2.20. The number of ether oxygens (including phenoxy) is 2. The zero-order valence-corrected chi connectivity index (χ0v) is 11.8. The van der Waals surface area contributed by atoms with Gasteiger partial charge in [0, 0.05) is 13.2 Å². The normalized spacial score (nSPS) is 17.1. The third kappa shape index (κ3) is 6.36. The van der Waals surface area contributed by atoms with Crippen LogP contribution in [-0.2, 0) is 14.3 Å². The summed E-state index contributed by atoms with van der Waals surface area (Å²) in [6.45, 7) is 6.29. The van der Waals surface area contributed by atoms with Gasteiger partial charge in [0.25, 0.3) is 0 Å². The average molecular weight is 257 g/mol. The zero-order chi connectivity index (χ0) is 13.2. The first-order chi connectivity index (χ1) is 8.76. The number of nitrogens with zero attached hydrogens (tertiary/aromatic N) is 1. The van der Waals surface area contributed by atoms with E-state index in [-0.39, 0.29) is 5.97 Å². The Kier molecular flexibility index (Phi) is 8.01. The van der Waals surface area contributed by atoms with Gasteiger partial charge in [0.2, 0.25) is 0 Å². The molecule has 1 saturated heterocycles. The summed E-state index contributed by atoms with van der Waals surface area (Å²) in [5.41, 5.74) is 0. The number of hydrogen-bond donors (Lipinski definition) is 0. The van der Waals surface area contributed by atoms with Crippen molar-refractivity contribution in [3.8, 4) is 0 Å². The molecule has 0 aromatic carbocycles. The molecular formula is C14H27NO3. The Bertz CT molecular complexity index is 227. The molecule has 0 bridgehead atoms. The molecule has 0 aromatic heterocycles. The van der Waals surface area contributed by atoms with Crippen LogP contribution in [0.1, 0.15) is 39.0 Å². The van der Waals surface area contributed by atoms with Crippen LogP contribution in [0.5, 0.6) is 0 Å². The van der Waals surface area contributed by atoms with E-state index in [1.54, 1.807) is 0 Å². The number of likely N-dealkylation sites (N-methyl/N-ethyl adjacent to an activating group) is 1. The van der Waals surface area contributed by atoms with E-state index >= 15 is 0 Å². The molecule has 0 aliphatic carbocycles. The molecular weight excluding hydrogens is 230 g/mol. The first-order valence-corrected chi connectivity index (χ1v) is 7.13. The van der Waals surface area contributed by atoms with Crippen molar-refractivity contribution in [2.75, 3.05) is 40.0 Å². The second-order valence-corrected chi connectivity index (χ2v) is 5.00. The van der Waals surface area contributed by atoms with E-state index in [0.29, 0.717) is 6.54 Å². The van der Waals surface area contributed by atoms with E-state index < -0.39 is 0 Å². The highest BCUT2D eigenvalue weighted by atomic mass is 16.5. The second kappa shape index (κ2) is 9.34. The van der Waals surface area contributed by atoms with Crippen molar-refractivity contribution < 1.29 is 14.3 Å². The van der Waals surface area contributed by atoms with Gasteiger partial charge in [0.15, 0.2) is 0 Å². The van der Waals surface area contributed by atoms with Gasteiger partial charge in [0.05, 0.1) is 13.7 Å². The van der Waals surface area contributed by atoms with E-state index in [4.69, 9.17) is 4.74 Å². The highest BCUT2D eigenvalue weighted by Gasteiger charge is 2.13. The molecule has 4 nitrogen and oxygen atoms in total. The minimum absolute atomic E-state index is 0.138. The molecule has 1 heterocycles. The fraction of sp³-hybridized carbons (Fsp3) is 0.929. The summed E-state index contributed by atoms with van der Waals surface area (Å²) in [6.07, 6.45) is 6.17. The molecule has 1 fully saturated rings. The predicted octanol–water partition coefficient (Wildman–Crippen LogP) is 2.08. The molecule has 18 heavy (non-hydrogen) atoms. The first-order valence-electron chi connectivity index (χ1n) is 7.13. The molecule has 0 spiro atoms. The Morgan fingerprint density at radius 2 is 2.06 bits per heavy atom. The van der Waals surface area contributed by atoms with E-state index in [2.05, 4.69) is 16.6 Å². The van der Waals surface area contributed by atoms with Crippen LogP contribution in [0, 0.1) is 5.92 Å². The lowest BCUT2D eigenvalue weighted by molar-refractivity contribution is -0.141. The highest BCUT2D eigenvalue weighted by molar-refractivity contribution is 5.71. The summed E-state index contributed by atoms with van der Waals surface area (Å²) >= 11 is 0. The minimum Gasteiger partial charge on any atom is -0.468 e. The maximum atomic E-state index is 11.2. The number of rotatable bonds is 8. The van der Waals surface area contributed by atoms with Crippen LogP contribution >= 0.6 is 0 Å². The van der Waals surface area contributed by atoms with Crippen LogP contribution in [0.2, 0.25) is 0 Å². The van der Waals surface area contributed by atoms with Crippen molar-refractivity contribution in [2.45, 2.75) is 39.0 Å². The summed E-state index contributed by atoms with van der Waals surface area (Å²) < 4.78 is 10.0. The van der Waals surface area contributed by atoms with E-state index in [1.807, 2.05) is 0 Å². The van der Waals surface area contributed by atoms with Gasteiger partial charge < -0.3 is 9.47 Å². The average Bonchev–Trinajstić information content (AvgIpc) is 2.43. The van der Waals surface area contributed by atoms with Crippen LogP contribution in [0.15, 0.2) is 0 Å². The Morgan fingerprint density at radius 3 is 2.67 bits per heavy atom. The van der Waals surface area contributed by atoms with Gasteiger partial charge in [-0.25, -0.2) is 0 Å². The molecule has 1 aliphatic heterocycles. The van der Waals surface area contributed by atoms with E-state index in [0.717, 1.165) is 32.2 Å². The lowest BCUT2D eigenvalue weighted by atomic mass is 9.94. The summed E-state index contributed by atoms with van der Waals surface area (Å²) in [5, 5.41) is 0. The van der Waals surface area contributed by atoms with Gasteiger partial charge in [-0.15, -0.1) is 0 Å². The maximum Gasteiger partial charge on any atom is 0.319 e. The van der Waals surface area contributed by atoms with Gasteiger partial charge in [-0.3, -0.25) is 9.69 Å². The largest absolute Gasteiger partial charge is 0.468 e. The van der Waals surface area contributed by atoms with Crippen LogP contribution in [0.4, 0.5) is 0 Å². The van der Waals surface area contributed by atoms with Crippen LogP contribution in [-0.4, -0.2) is 50.8 Å². The van der Waals surface area contributed by atoms with Gasteiger partial charge in [0.1, 0.15) is 0 Å². The Labute approximate surface area is 111 Å². The van der Waals surface area contributed by atoms with Crippen LogP contribution in [0.3, 0.4) is 0 Å². The number of carbonyl (C=O) groups excluding carboxylic acids is 1. The molecule has 4 heteroatoms. The molecule has 0 aromatic rings. The minimum atomic E-state index is -0.138. The lowest BCUT2D eigenvalue weighted by Crippen LogP contribution is -2.31. The fourth-order valence-corrected chi connectivity index (χ4v) is 2.40. The molecule has 106 valence electrons. The van der Waals surface area contributed by atoms with Crippen molar-refractivity contribution in [1.82, 2.24) is 4.90 Å². The van der Waals surface area contributed by atoms with E-state index in [9.17, 15) is 4.79 Å². The Morgan fingerprint density at radius 1 is 1.33 bits per heavy atom. The Balaban J connectivity index is 2.05. The number of methoxy groups -OCH3 is 1.